The maximum absolute atomic E-state index is 14.4. The molecule has 3 aromatic rings. The number of carbonyl (C=O) groups is 2. The SMILES string of the molecule is C=CC(=O)OC=COc1ccc(-c2ccc(-c3ccc(OC=COC(=O)C=C)c(F)c3)cc2)cc1F. The van der Waals surface area contributed by atoms with Gasteiger partial charge in [-0.3, -0.25) is 0 Å². The minimum absolute atomic E-state index is 0.0484. The molecule has 0 unspecified atom stereocenters. The van der Waals surface area contributed by atoms with Crippen LogP contribution in [0.15, 0.2) is 111 Å². The lowest BCUT2D eigenvalue weighted by Crippen LogP contribution is -1.94. The molecule has 0 aliphatic heterocycles. The lowest BCUT2D eigenvalue weighted by molar-refractivity contribution is -0.133. The standard InChI is InChI=1S/C28H20F2O6/c1-3-27(31)35-15-13-33-25-11-9-21(17-23(25)29)19-5-7-20(8-6-19)22-10-12-26(24(30)18-22)34-14-16-36-28(32)4-2/h3-18H,1-2H2. The fourth-order valence-electron chi connectivity index (χ4n) is 2.90. The zero-order valence-corrected chi connectivity index (χ0v) is 18.9. The number of esters is 2. The number of rotatable bonds is 10. The first-order valence-corrected chi connectivity index (χ1v) is 10.4. The Bertz CT molecular complexity index is 1220. The van der Waals surface area contributed by atoms with Gasteiger partial charge in [0.05, 0.1) is 0 Å². The van der Waals surface area contributed by atoms with Gasteiger partial charge in [-0.15, -0.1) is 0 Å². The van der Waals surface area contributed by atoms with E-state index < -0.39 is 23.6 Å². The second-order valence-corrected chi connectivity index (χ2v) is 6.93. The van der Waals surface area contributed by atoms with Gasteiger partial charge < -0.3 is 18.9 Å². The molecule has 0 radical (unpaired) electrons. The Morgan fingerprint density at radius 1 is 0.583 bits per heavy atom. The van der Waals surface area contributed by atoms with Gasteiger partial charge in [0.15, 0.2) is 23.1 Å². The Balaban J connectivity index is 1.66. The van der Waals surface area contributed by atoms with Crippen molar-refractivity contribution in [2.45, 2.75) is 0 Å². The fourth-order valence-corrected chi connectivity index (χ4v) is 2.90. The Labute approximate surface area is 206 Å². The van der Waals surface area contributed by atoms with E-state index in [1.165, 1.54) is 24.3 Å². The highest BCUT2D eigenvalue weighted by molar-refractivity contribution is 5.82. The lowest BCUT2D eigenvalue weighted by Gasteiger charge is -2.08. The predicted molar refractivity (Wildman–Crippen MR) is 129 cm³/mol. The molecule has 0 aromatic heterocycles. The molecule has 0 bridgehead atoms. The molecule has 0 fully saturated rings. The molecule has 0 spiro atoms. The van der Waals surface area contributed by atoms with E-state index in [1.54, 1.807) is 36.4 Å². The summed E-state index contributed by atoms with van der Waals surface area (Å²) >= 11 is 0. The molecular formula is C28H20F2O6. The van der Waals surface area contributed by atoms with Crippen LogP contribution in [0.3, 0.4) is 0 Å². The van der Waals surface area contributed by atoms with Gasteiger partial charge in [0.25, 0.3) is 0 Å². The van der Waals surface area contributed by atoms with Crippen LogP contribution >= 0.6 is 0 Å². The summed E-state index contributed by atoms with van der Waals surface area (Å²) < 4.78 is 48.3. The van der Waals surface area contributed by atoms with Crippen LogP contribution in [0.2, 0.25) is 0 Å². The van der Waals surface area contributed by atoms with Gasteiger partial charge in [0.2, 0.25) is 0 Å². The third-order valence-electron chi connectivity index (χ3n) is 4.62. The number of halogens is 2. The van der Waals surface area contributed by atoms with Gasteiger partial charge in [-0.05, 0) is 46.5 Å². The first-order chi connectivity index (χ1) is 17.4. The second-order valence-electron chi connectivity index (χ2n) is 6.93. The quantitative estimate of drug-likeness (QED) is 0.185. The van der Waals surface area contributed by atoms with E-state index in [9.17, 15) is 18.4 Å². The van der Waals surface area contributed by atoms with E-state index >= 15 is 0 Å². The maximum Gasteiger partial charge on any atom is 0.335 e. The Kier molecular flexibility index (Phi) is 8.88. The van der Waals surface area contributed by atoms with Gasteiger partial charge in [0.1, 0.15) is 25.0 Å². The van der Waals surface area contributed by atoms with Crippen molar-refractivity contribution in [2.75, 3.05) is 0 Å². The summed E-state index contributed by atoms with van der Waals surface area (Å²) in [5.41, 5.74) is 2.68. The number of ether oxygens (including phenoxy) is 4. The zero-order valence-electron chi connectivity index (χ0n) is 18.9. The predicted octanol–water partition coefficient (Wildman–Crippen LogP) is 6.46. The molecule has 36 heavy (non-hydrogen) atoms. The third kappa shape index (κ3) is 7.01. The Morgan fingerprint density at radius 3 is 1.28 bits per heavy atom. The number of hydrogen-bond donors (Lipinski definition) is 0. The molecule has 0 atom stereocenters. The zero-order chi connectivity index (χ0) is 25.9. The smallest absolute Gasteiger partial charge is 0.335 e. The van der Waals surface area contributed by atoms with Crippen molar-refractivity contribution in [1.29, 1.82) is 0 Å². The Morgan fingerprint density at radius 2 is 0.944 bits per heavy atom. The molecule has 3 aromatic carbocycles. The average molecular weight is 490 g/mol. The summed E-state index contributed by atoms with van der Waals surface area (Å²) in [7, 11) is 0. The van der Waals surface area contributed by atoms with E-state index in [-0.39, 0.29) is 11.5 Å². The van der Waals surface area contributed by atoms with Crippen LogP contribution in [0.1, 0.15) is 0 Å². The van der Waals surface area contributed by atoms with Crippen molar-refractivity contribution in [1.82, 2.24) is 0 Å². The van der Waals surface area contributed by atoms with Crippen LogP contribution in [-0.4, -0.2) is 11.9 Å². The summed E-state index contributed by atoms with van der Waals surface area (Å²) in [6.07, 6.45) is 6.01. The summed E-state index contributed by atoms with van der Waals surface area (Å²) in [4.78, 5) is 21.9. The normalized spacial score (nSPS) is 10.7. The van der Waals surface area contributed by atoms with Gasteiger partial charge >= 0.3 is 11.9 Å². The van der Waals surface area contributed by atoms with Crippen molar-refractivity contribution < 1.29 is 37.3 Å². The monoisotopic (exact) mass is 490 g/mol. The number of hydrogen-bond acceptors (Lipinski definition) is 6. The van der Waals surface area contributed by atoms with E-state index in [0.29, 0.717) is 11.1 Å². The maximum atomic E-state index is 14.4. The molecule has 3 rings (SSSR count). The highest BCUT2D eigenvalue weighted by atomic mass is 19.1. The van der Waals surface area contributed by atoms with Crippen LogP contribution in [0, 0.1) is 11.6 Å². The minimum atomic E-state index is -0.665. The molecule has 6 nitrogen and oxygen atoms in total. The summed E-state index contributed by atoms with van der Waals surface area (Å²) in [5.74, 6) is -2.64. The van der Waals surface area contributed by atoms with E-state index in [1.807, 2.05) is 0 Å². The van der Waals surface area contributed by atoms with Crippen LogP contribution < -0.4 is 9.47 Å². The molecule has 0 saturated heterocycles. The van der Waals surface area contributed by atoms with Gasteiger partial charge in [0, 0.05) is 12.2 Å². The molecule has 0 heterocycles. The van der Waals surface area contributed by atoms with Crippen molar-refractivity contribution in [3.63, 3.8) is 0 Å². The number of carbonyl (C=O) groups excluding carboxylic acids is 2. The first-order valence-electron chi connectivity index (χ1n) is 10.4. The van der Waals surface area contributed by atoms with Crippen molar-refractivity contribution in [2.24, 2.45) is 0 Å². The average Bonchev–Trinajstić information content (AvgIpc) is 2.90. The van der Waals surface area contributed by atoms with E-state index in [2.05, 4.69) is 22.6 Å². The molecule has 0 aliphatic rings. The summed E-state index contributed by atoms with van der Waals surface area (Å²) in [6.45, 7) is 6.50. The van der Waals surface area contributed by atoms with Crippen molar-refractivity contribution in [3.05, 3.63) is 123 Å². The van der Waals surface area contributed by atoms with E-state index in [0.717, 1.165) is 48.3 Å². The molecule has 0 saturated carbocycles. The van der Waals surface area contributed by atoms with Crippen LogP contribution in [0.4, 0.5) is 8.78 Å². The van der Waals surface area contributed by atoms with Gasteiger partial charge in [-0.2, -0.15) is 0 Å². The molecule has 182 valence electrons. The summed E-state index contributed by atoms with van der Waals surface area (Å²) in [6, 6.07) is 15.9. The largest absolute Gasteiger partial charge is 0.459 e. The highest BCUT2D eigenvalue weighted by Gasteiger charge is 2.09. The summed E-state index contributed by atoms with van der Waals surface area (Å²) in [5, 5.41) is 0. The van der Waals surface area contributed by atoms with Crippen LogP contribution in [0.25, 0.3) is 22.3 Å². The minimum Gasteiger partial charge on any atom is -0.459 e. The Hall–Kier alpha value is -4.98. The molecule has 0 N–H and O–H groups in total. The van der Waals surface area contributed by atoms with E-state index in [4.69, 9.17) is 9.47 Å². The second kappa shape index (κ2) is 12.5. The molecule has 8 heteroatoms. The van der Waals surface area contributed by atoms with Crippen LogP contribution in [-0.2, 0) is 19.1 Å². The van der Waals surface area contributed by atoms with Crippen LogP contribution in [0.5, 0.6) is 11.5 Å². The third-order valence-corrected chi connectivity index (χ3v) is 4.62. The first kappa shape index (κ1) is 25.6. The highest BCUT2D eigenvalue weighted by Crippen LogP contribution is 2.30. The van der Waals surface area contributed by atoms with Gasteiger partial charge in [-0.1, -0.05) is 49.6 Å². The molecular weight excluding hydrogens is 470 g/mol. The topological polar surface area (TPSA) is 71.1 Å². The molecule has 0 aliphatic carbocycles. The fraction of sp³-hybridized carbons (Fsp3) is 0. The van der Waals surface area contributed by atoms with Crippen molar-refractivity contribution >= 4 is 11.9 Å². The molecule has 0 amide bonds. The number of benzene rings is 3. The lowest BCUT2D eigenvalue weighted by atomic mass is 10.00. The van der Waals surface area contributed by atoms with Crippen molar-refractivity contribution in [3.8, 4) is 33.8 Å². The van der Waals surface area contributed by atoms with Gasteiger partial charge in [-0.25, -0.2) is 18.4 Å².